The van der Waals surface area contributed by atoms with Crippen LogP contribution >= 0.6 is 0 Å². The summed E-state index contributed by atoms with van der Waals surface area (Å²) in [6.45, 7) is 0. The number of nitrogens with two attached hydrogens (primary N) is 1. The summed E-state index contributed by atoms with van der Waals surface area (Å²) in [6, 6.07) is 0. The number of carbonyl (C=O) groups excluding carboxylic acids is 1. The zero-order valence-electron chi connectivity index (χ0n) is 7.69. The Morgan fingerprint density at radius 3 is 2.62 bits per heavy atom. The molecule has 0 unspecified atom stereocenters. The number of hydrogen-bond acceptors (Lipinski definition) is 3. The molecule has 0 aliphatic carbocycles. The van der Waals surface area contributed by atoms with Crippen molar-refractivity contribution in [3.63, 3.8) is 0 Å². The van der Waals surface area contributed by atoms with Crippen molar-refractivity contribution in [1.29, 1.82) is 0 Å². The number of amides is 1. The quantitative estimate of drug-likeness (QED) is 0.789. The molecule has 2 rings (SSSR count). The van der Waals surface area contributed by atoms with Gasteiger partial charge in [0, 0.05) is 12.4 Å². The molecule has 16 heavy (non-hydrogen) atoms. The molecule has 0 radical (unpaired) electrons. The van der Waals surface area contributed by atoms with Gasteiger partial charge in [-0.05, 0) is 0 Å². The Bertz CT molecular complexity index is 560. The maximum atomic E-state index is 12.3. The first-order chi connectivity index (χ1) is 7.38. The van der Waals surface area contributed by atoms with E-state index in [-0.39, 0.29) is 11.3 Å². The number of imidazole rings is 1. The Balaban J connectivity index is 2.59. The molecule has 2 heterocycles. The number of aromatic nitrogens is 3. The van der Waals surface area contributed by atoms with Crippen molar-refractivity contribution in [2.45, 2.75) is 6.18 Å². The molecule has 2 aromatic heterocycles. The Morgan fingerprint density at radius 1 is 1.38 bits per heavy atom. The fourth-order valence-corrected chi connectivity index (χ4v) is 1.16. The number of hydrogen-bond donors (Lipinski definition) is 1. The molecule has 0 aliphatic rings. The first-order valence-electron chi connectivity index (χ1n) is 4.09. The average molecular weight is 230 g/mol. The van der Waals surface area contributed by atoms with Crippen LogP contribution in [0.15, 0.2) is 18.6 Å². The van der Waals surface area contributed by atoms with Gasteiger partial charge in [-0.1, -0.05) is 0 Å². The monoisotopic (exact) mass is 230 g/mol. The van der Waals surface area contributed by atoms with Gasteiger partial charge in [-0.15, -0.1) is 0 Å². The lowest BCUT2D eigenvalue weighted by Gasteiger charge is -1.98. The zero-order chi connectivity index (χ0) is 11.9. The molecule has 0 spiro atoms. The lowest BCUT2D eigenvalue weighted by atomic mass is 10.4. The van der Waals surface area contributed by atoms with E-state index in [1.165, 1.54) is 0 Å². The molecular formula is C8H5F3N4O. The summed E-state index contributed by atoms with van der Waals surface area (Å²) in [7, 11) is 0. The van der Waals surface area contributed by atoms with E-state index >= 15 is 0 Å². The van der Waals surface area contributed by atoms with Gasteiger partial charge in [0.15, 0.2) is 11.3 Å². The first-order valence-corrected chi connectivity index (χ1v) is 4.09. The highest BCUT2D eigenvalue weighted by atomic mass is 19.4. The normalized spacial score (nSPS) is 11.9. The maximum absolute atomic E-state index is 12.3. The molecular weight excluding hydrogens is 225 g/mol. The van der Waals surface area contributed by atoms with Gasteiger partial charge in [0.05, 0.1) is 6.20 Å². The molecule has 2 N–H and O–H groups in total. The Hall–Kier alpha value is -2.12. The number of rotatable bonds is 1. The minimum Gasteiger partial charge on any atom is -0.364 e. The summed E-state index contributed by atoms with van der Waals surface area (Å²) < 4.78 is 37.9. The van der Waals surface area contributed by atoms with Crippen LogP contribution in [0.1, 0.15) is 16.2 Å². The molecule has 0 atom stereocenters. The summed E-state index contributed by atoms with van der Waals surface area (Å²) in [5.41, 5.74) is 3.77. The van der Waals surface area contributed by atoms with Gasteiger partial charge < -0.3 is 10.1 Å². The van der Waals surface area contributed by atoms with Crippen LogP contribution in [0.3, 0.4) is 0 Å². The SMILES string of the molecule is NC(=O)c1cn2cc(C(F)(F)F)nc2cn1. The van der Waals surface area contributed by atoms with Gasteiger partial charge in [-0.2, -0.15) is 13.2 Å². The topological polar surface area (TPSA) is 73.3 Å². The van der Waals surface area contributed by atoms with Crippen molar-refractivity contribution in [1.82, 2.24) is 14.4 Å². The molecule has 2 aromatic rings. The molecule has 0 aliphatic heterocycles. The highest BCUT2D eigenvalue weighted by Crippen LogP contribution is 2.28. The van der Waals surface area contributed by atoms with Crippen LogP contribution in [0, 0.1) is 0 Å². The number of halogens is 3. The second-order valence-electron chi connectivity index (χ2n) is 3.03. The average Bonchev–Trinajstić information content (AvgIpc) is 2.58. The van der Waals surface area contributed by atoms with Crippen LogP contribution in [0.5, 0.6) is 0 Å². The third kappa shape index (κ3) is 1.69. The summed E-state index contributed by atoms with van der Waals surface area (Å²) in [5, 5.41) is 0. The highest BCUT2D eigenvalue weighted by molar-refractivity contribution is 5.90. The fraction of sp³-hybridized carbons (Fsp3) is 0.125. The van der Waals surface area contributed by atoms with Crippen molar-refractivity contribution in [3.05, 3.63) is 30.0 Å². The third-order valence-electron chi connectivity index (χ3n) is 1.88. The van der Waals surface area contributed by atoms with E-state index in [9.17, 15) is 18.0 Å². The van der Waals surface area contributed by atoms with E-state index in [0.29, 0.717) is 0 Å². The number of nitrogens with zero attached hydrogens (tertiary/aromatic N) is 3. The van der Waals surface area contributed by atoms with E-state index in [1.807, 2.05) is 0 Å². The molecule has 1 amide bonds. The first kappa shape index (κ1) is 10.4. The van der Waals surface area contributed by atoms with Gasteiger partial charge >= 0.3 is 6.18 Å². The molecule has 0 saturated heterocycles. The van der Waals surface area contributed by atoms with Gasteiger partial charge in [-0.3, -0.25) is 4.79 Å². The van der Waals surface area contributed by atoms with Crippen molar-refractivity contribution < 1.29 is 18.0 Å². The number of carbonyl (C=O) groups is 1. The standard InChI is InChI=1S/C8H5F3N4O/c9-8(10,11)5-3-15-2-4(7(12)16)13-1-6(15)14-5/h1-3H,(H2,12,16). The van der Waals surface area contributed by atoms with E-state index in [0.717, 1.165) is 23.0 Å². The van der Waals surface area contributed by atoms with E-state index in [4.69, 9.17) is 5.73 Å². The van der Waals surface area contributed by atoms with Gasteiger partial charge in [0.1, 0.15) is 5.69 Å². The summed E-state index contributed by atoms with van der Waals surface area (Å²) >= 11 is 0. The van der Waals surface area contributed by atoms with Gasteiger partial charge in [0.2, 0.25) is 0 Å². The maximum Gasteiger partial charge on any atom is 0.434 e. The van der Waals surface area contributed by atoms with Crippen molar-refractivity contribution in [2.75, 3.05) is 0 Å². The minimum absolute atomic E-state index is 0.00248. The Labute approximate surface area is 86.7 Å². The van der Waals surface area contributed by atoms with Crippen LogP contribution in [-0.4, -0.2) is 20.3 Å². The largest absolute Gasteiger partial charge is 0.434 e. The predicted octanol–water partition coefficient (Wildman–Crippen LogP) is 0.847. The summed E-state index contributed by atoms with van der Waals surface area (Å²) in [6.07, 6.45) is -1.61. The molecule has 0 bridgehead atoms. The zero-order valence-corrected chi connectivity index (χ0v) is 7.69. The van der Waals surface area contributed by atoms with Crippen molar-refractivity contribution in [2.24, 2.45) is 5.73 Å². The van der Waals surface area contributed by atoms with E-state index in [1.54, 1.807) is 0 Å². The van der Waals surface area contributed by atoms with Gasteiger partial charge in [0.25, 0.3) is 5.91 Å². The van der Waals surface area contributed by atoms with Crippen LogP contribution in [0.4, 0.5) is 13.2 Å². The van der Waals surface area contributed by atoms with E-state index < -0.39 is 17.8 Å². The second kappa shape index (κ2) is 3.19. The summed E-state index contributed by atoms with van der Waals surface area (Å²) in [4.78, 5) is 17.6. The molecule has 8 heteroatoms. The number of primary amides is 1. The fourth-order valence-electron chi connectivity index (χ4n) is 1.16. The van der Waals surface area contributed by atoms with Crippen LogP contribution < -0.4 is 5.73 Å². The minimum atomic E-state index is -4.53. The van der Waals surface area contributed by atoms with E-state index in [2.05, 4.69) is 9.97 Å². The molecule has 84 valence electrons. The predicted molar refractivity (Wildman–Crippen MR) is 46.5 cm³/mol. The number of alkyl halides is 3. The van der Waals surface area contributed by atoms with Crippen molar-refractivity contribution in [3.8, 4) is 0 Å². The highest BCUT2D eigenvalue weighted by Gasteiger charge is 2.33. The summed E-state index contributed by atoms with van der Waals surface area (Å²) in [5.74, 6) is -0.816. The van der Waals surface area contributed by atoms with Crippen LogP contribution in [0.2, 0.25) is 0 Å². The lowest BCUT2D eigenvalue weighted by molar-refractivity contribution is -0.140. The molecule has 0 fully saturated rings. The third-order valence-corrected chi connectivity index (χ3v) is 1.88. The van der Waals surface area contributed by atoms with Crippen LogP contribution in [-0.2, 0) is 6.18 Å². The second-order valence-corrected chi connectivity index (χ2v) is 3.03. The lowest BCUT2D eigenvalue weighted by Crippen LogP contribution is -2.13. The Morgan fingerprint density at radius 2 is 2.06 bits per heavy atom. The van der Waals surface area contributed by atoms with Crippen LogP contribution in [0.25, 0.3) is 5.65 Å². The molecule has 0 aromatic carbocycles. The smallest absolute Gasteiger partial charge is 0.364 e. The molecule has 5 nitrogen and oxygen atoms in total. The molecule has 0 saturated carbocycles. The number of fused-ring (bicyclic) bond motifs is 1. The van der Waals surface area contributed by atoms with Crippen molar-refractivity contribution >= 4 is 11.6 Å². The Kier molecular flexibility index (Phi) is 2.07. The van der Waals surface area contributed by atoms with Gasteiger partial charge in [-0.25, -0.2) is 9.97 Å².